The van der Waals surface area contributed by atoms with Crippen molar-refractivity contribution < 1.29 is 13.9 Å². The van der Waals surface area contributed by atoms with Crippen LogP contribution in [0.2, 0.25) is 5.02 Å². The van der Waals surface area contributed by atoms with Crippen LogP contribution in [-0.4, -0.2) is 22.9 Å². The summed E-state index contributed by atoms with van der Waals surface area (Å²) in [5.74, 6) is 3.36. The molecule has 5 nitrogen and oxygen atoms in total. The average molecular weight is 423 g/mol. The Hall–Kier alpha value is -3.05. The molecular formula is C24H23ClN2O3. The van der Waals surface area contributed by atoms with Gasteiger partial charge in [0.2, 0.25) is 0 Å². The zero-order valence-corrected chi connectivity index (χ0v) is 17.7. The fraction of sp³-hybridized carbons (Fsp3) is 0.250. The van der Waals surface area contributed by atoms with Crippen molar-refractivity contribution in [1.82, 2.24) is 9.97 Å². The van der Waals surface area contributed by atoms with Crippen LogP contribution in [0.15, 0.2) is 52.9 Å². The summed E-state index contributed by atoms with van der Waals surface area (Å²) in [6.07, 6.45) is 1.85. The quantitative estimate of drug-likeness (QED) is 0.362. The van der Waals surface area contributed by atoms with Crippen molar-refractivity contribution in [1.29, 1.82) is 0 Å². The van der Waals surface area contributed by atoms with E-state index in [1.807, 2.05) is 48.5 Å². The Morgan fingerprint density at radius 2 is 2.03 bits per heavy atom. The minimum Gasteiger partial charge on any atom is -0.493 e. The van der Waals surface area contributed by atoms with Crippen molar-refractivity contribution in [3.8, 4) is 17.3 Å². The second-order valence-electron chi connectivity index (χ2n) is 7.71. The van der Waals surface area contributed by atoms with Gasteiger partial charge in [-0.15, -0.1) is 0 Å². The van der Waals surface area contributed by atoms with Gasteiger partial charge < -0.3 is 18.9 Å². The number of furan rings is 1. The first-order valence-electron chi connectivity index (χ1n) is 9.94. The third-order valence-electron chi connectivity index (χ3n) is 4.72. The number of fused-ring (bicyclic) bond motifs is 1. The lowest BCUT2D eigenvalue weighted by Gasteiger charge is -2.13. The number of aromatic nitrogens is 2. The molecule has 154 valence electrons. The van der Waals surface area contributed by atoms with Gasteiger partial charge in [-0.05, 0) is 53.9 Å². The number of ether oxygens (including phenoxy) is 1. The summed E-state index contributed by atoms with van der Waals surface area (Å²) >= 11 is 6.20. The Morgan fingerprint density at radius 3 is 2.83 bits per heavy atom. The molecule has 0 atom stereocenters. The molecule has 0 bridgehead atoms. The first-order chi connectivity index (χ1) is 14.5. The molecule has 0 unspecified atom stereocenters. The number of imidazole rings is 1. The van der Waals surface area contributed by atoms with Crippen LogP contribution in [0.4, 0.5) is 0 Å². The van der Waals surface area contributed by atoms with E-state index in [1.54, 1.807) is 0 Å². The monoisotopic (exact) mass is 422 g/mol. The lowest BCUT2D eigenvalue weighted by atomic mass is 10.1. The van der Waals surface area contributed by atoms with Gasteiger partial charge in [0.15, 0.2) is 11.6 Å². The molecule has 0 fully saturated rings. The highest BCUT2D eigenvalue weighted by Crippen LogP contribution is 2.29. The number of nitrogens with one attached hydrogen (secondary N) is 1. The third-order valence-corrected chi connectivity index (χ3v) is 4.95. The normalized spacial score (nSPS) is 11.3. The maximum Gasteiger partial charge on any atom is 0.174 e. The second kappa shape index (κ2) is 8.76. The van der Waals surface area contributed by atoms with Gasteiger partial charge in [-0.3, -0.25) is 0 Å². The fourth-order valence-corrected chi connectivity index (χ4v) is 3.46. The van der Waals surface area contributed by atoms with Gasteiger partial charge in [0.1, 0.15) is 17.8 Å². The van der Waals surface area contributed by atoms with Crippen LogP contribution in [-0.2, 0) is 17.6 Å². The van der Waals surface area contributed by atoms with Gasteiger partial charge in [-0.25, -0.2) is 4.98 Å². The van der Waals surface area contributed by atoms with Crippen molar-refractivity contribution in [2.45, 2.75) is 26.7 Å². The van der Waals surface area contributed by atoms with Gasteiger partial charge in [0.25, 0.3) is 0 Å². The van der Waals surface area contributed by atoms with E-state index in [1.165, 1.54) is 0 Å². The van der Waals surface area contributed by atoms with Crippen LogP contribution < -0.4 is 4.74 Å². The van der Waals surface area contributed by atoms with Crippen LogP contribution >= 0.6 is 11.6 Å². The molecular weight excluding hydrogens is 400 g/mol. The summed E-state index contributed by atoms with van der Waals surface area (Å²) in [6.45, 7) is 4.87. The van der Waals surface area contributed by atoms with Crippen molar-refractivity contribution in [3.05, 3.63) is 70.4 Å². The van der Waals surface area contributed by atoms with Gasteiger partial charge in [-0.2, -0.15) is 0 Å². The van der Waals surface area contributed by atoms with Crippen molar-refractivity contribution in [3.63, 3.8) is 0 Å². The largest absolute Gasteiger partial charge is 0.493 e. The molecule has 2 aromatic carbocycles. The van der Waals surface area contributed by atoms with Crippen LogP contribution in [0.25, 0.3) is 22.6 Å². The summed E-state index contributed by atoms with van der Waals surface area (Å²) in [5.41, 5.74) is 3.63. The molecule has 4 aromatic rings. The third kappa shape index (κ3) is 4.57. The Kier molecular flexibility index (Phi) is 5.91. The highest BCUT2D eigenvalue weighted by molar-refractivity contribution is 6.30. The van der Waals surface area contributed by atoms with Gasteiger partial charge >= 0.3 is 0 Å². The summed E-state index contributed by atoms with van der Waals surface area (Å²) in [7, 11) is 0. The average Bonchev–Trinajstić information content (AvgIpc) is 3.34. The Balaban J connectivity index is 1.57. The van der Waals surface area contributed by atoms with Crippen LogP contribution in [0, 0.1) is 5.92 Å². The van der Waals surface area contributed by atoms with E-state index < -0.39 is 0 Å². The summed E-state index contributed by atoms with van der Waals surface area (Å²) in [6, 6.07) is 15.2. The molecule has 0 spiro atoms. The standard InChI is InChI=1S/C24H23ClN2O3/c1-15(2)14-29-22-7-4-18(25)12-17(22)13-19-5-8-23(30-19)24-26-20-6-3-16(9-10-28)11-21(20)27-24/h3-8,10-12,15H,9,13-14H2,1-2H3,(H,26,27). The minimum absolute atomic E-state index is 0.385. The molecule has 4 rings (SSSR count). The minimum atomic E-state index is 0.385. The molecule has 2 heterocycles. The van der Waals surface area contributed by atoms with Crippen molar-refractivity contribution >= 4 is 28.9 Å². The van der Waals surface area contributed by atoms with E-state index in [0.29, 0.717) is 42.0 Å². The zero-order chi connectivity index (χ0) is 21.1. The van der Waals surface area contributed by atoms with E-state index in [9.17, 15) is 4.79 Å². The number of H-pyrrole nitrogens is 1. The molecule has 0 aliphatic heterocycles. The van der Waals surface area contributed by atoms with E-state index >= 15 is 0 Å². The molecule has 0 aliphatic rings. The van der Waals surface area contributed by atoms with E-state index in [-0.39, 0.29) is 0 Å². The molecule has 1 N–H and O–H groups in total. The first-order valence-corrected chi connectivity index (χ1v) is 10.3. The predicted molar refractivity (Wildman–Crippen MR) is 118 cm³/mol. The van der Waals surface area contributed by atoms with Crippen LogP contribution in [0.3, 0.4) is 0 Å². The number of carbonyl (C=O) groups excluding carboxylic acids is 1. The number of aldehydes is 1. The predicted octanol–water partition coefficient (Wildman–Crippen LogP) is 5.84. The molecule has 30 heavy (non-hydrogen) atoms. The summed E-state index contributed by atoms with van der Waals surface area (Å²) < 4.78 is 12.0. The molecule has 0 saturated carbocycles. The van der Waals surface area contributed by atoms with Gasteiger partial charge in [0.05, 0.1) is 17.6 Å². The lowest BCUT2D eigenvalue weighted by molar-refractivity contribution is -0.107. The Morgan fingerprint density at radius 1 is 1.17 bits per heavy atom. The topological polar surface area (TPSA) is 68.1 Å². The fourth-order valence-electron chi connectivity index (χ4n) is 3.27. The molecule has 2 aromatic heterocycles. The van der Waals surface area contributed by atoms with E-state index in [2.05, 4.69) is 23.8 Å². The number of carbonyl (C=O) groups is 1. The molecule has 0 saturated heterocycles. The van der Waals surface area contributed by atoms with Crippen molar-refractivity contribution in [2.24, 2.45) is 5.92 Å². The molecule has 0 amide bonds. The number of hydrogen-bond acceptors (Lipinski definition) is 4. The van der Waals surface area contributed by atoms with E-state index in [4.69, 9.17) is 20.8 Å². The van der Waals surface area contributed by atoms with E-state index in [0.717, 1.165) is 40.0 Å². The summed E-state index contributed by atoms with van der Waals surface area (Å²) in [4.78, 5) is 18.6. The maximum atomic E-state index is 10.8. The SMILES string of the molecule is CC(C)COc1ccc(Cl)cc1Cc1ccc(-c2nc3ccc(CC=O)cc3[nH]2)o1. The molecule has 0 radical (unpaired) electrons. The Bertz CT molecular complexity index is 1180. The number of rotatable bonds is 8. The summed E-state index contributed by atoms with van der Waals surface area (Å²) in [5, 5.41) is 0.664. The number of hydrogen-bond donors (Lipinski definition) is 1. The van der Waals surface area contributed by atoms with Crippen LogP contribution in [0.1, 0.15) is 30.7 Å². The van der Waals surface area contributed by atoms with Crippen LogP contribution in [0.5, 0.6) is 5.75 Å². The van der Waals surface area contributed by atoms with Crippen molar-refractivity contribution in [2.75, 3.05) is 6.61 Å². The molecule has 6 heteroatoms. The number of halogens is 1. The Labute approximate surface area is 180 Å². The second-order valence-corrected chi connectivity index (χ2v) is 8.14. The number of benzene rings is 2. The highest BCUT2D eigenvalue weighted by Gasteiger charge is 2.13. The van der Waals surface area contributed by atoms with Gasteiger partial charge in [-0.1, -0.05) is 31.5 Å². The zero-order valence-electron chi connectivity index (χ0n) is 16.9. The maximum absolute atomic E-state index is 10.8. The number of nitrogens with zero attached hydrogens (tertiary/aromatic N) is 1. The smallest absolute Gasteiger partial charge is 0.174 e. The molecule has 0 aliphatic carbocycles. The lowest BCUT2D eigenvalue weighted by Crippen LogP contribution is -2.06. The van der Waals surface area contributed by atoms with Gasteiger partial charge in [0, 0.05) is 23.4 Å². The highest BCUT2D eigenvalue weighted by atomic mass is 35.5. The number of aromatic amines is 1. The first kappa shape index (κ1) is 20.2.